The molecule has 0 amide bonds. The summed E-state index contributed by atoms with van der Waals surface area (Å²) >= 11 is 0. The summed E-state index contributed by atoms with van der Waals surface area (Å²) in [4.78, 5) is 25.2. The van der Waals surface area contributed by atoms with Gasteiger partial charge in [-0.25, -0.2) is 4.79 Å². The molecular formula is C22H40O7Si2. The molecule has 7 nitrogen and oxygen atoms in total. The van der Waals surface area contributed by atoms with Crippen molar-refractivity contribution in [2.45, 2.75) is 96.1 Å². The molecule has 0 saturated heterocycles. The van der Waals surface area contributed by atoms with Crippen molar-refractivity contribution < 1.29 is 33.0 Å². The van der Waals surface area contributed by atoms with Gasteiger partial charge < -0.3 is 23.4 Å². The number of carbonyl (C=O) groups excluding carboxylic acids is 2. The highest BCUT2D eigenvalue weighted by atomic mass is 28.4. The lowest BCUT2D eigenvalue weighted by molar-refractivity contribution is -0.155. The molecule has 0 aromatic carbocycles. The molecule has 2 aliphatic rings. The molecule has 0 aromatic heterocycles. The number of aliphatic hydroxyl groups is 1. The topological polar surface area (TPSA) is 91.3 Å². The normalized spacial score (nSPS) is 27.8. The Morgan fingerprint density at radius 1 is 1.00 bits per heavy atom. The van der Waals surface area contributed by atoms with Crippen LogP contribution in [-0.2, 0) is 27.9 Å². The largest absolute Gasteiger partial charge is 0.468 e. The summed E-state index contributed by atoms with van der Waals surface area (Å²) in [6, 6.07) is 0. The van der Waals surface area contributed by atoms with Crippen LogP contribution in [0.1, 0.15) is 41.5 Å². The summed E-state index contributed by atoms with van der Waals surface area (Å²) < 4.78 is 23.7. The van der Waals surface area contributed by atoms with Gasteiger partial charge in [-0.05, 0) is 36.3 Å². The molecule has 0 bridgehead atoms. The summed E-state index contributed by atoms with van der Waals surface area (Å²) in [7, 11) is -3.43. The van der Waals surface area contributed by atoms with Crippen molar-refractivity contribution in [3.05, 3.63) is 11.1 Å². The Balaban J connectivity index is 2.65. The zero-order valence-corrected chi connectivity index (χ0v) is 22.9. The van der Waals surface area contributed by atoms with Crippen molar-refractivity contribution in [2.75, 3.05) is 13.7 Å². The Kier molecular flexibility index (Phi) is 7.12. The van der Waals surface area contributed by atoms with Gasteiger partial charge >= 0.3 is 11.9 Å². The highest BCUT2D eigenvalue weighted by Gasteiger charge is 2.57. The SMILES string of the molecule is COC(=O)[C@H]1C2=C(COC2=O)[C@@H](O[Si](C)(C)C(C)(C)C)[C@@H](O[Si](C)(C)C(C)(C)C)[C@H]1O. The van der Waals surface area contributed by atoms with Gasteiger partial charge in [0.15, 0.2) is 16.6 Å². The average Bonchev–Trinajstić information content (AvgIpc) is 2.97. The average molecular weight is 473 g/mol. The number of hydrogen-bond acceptors (Lipinski definition) is 7. The first-order valence-corrected chi connectivity index (χ1v) is 16.7. The molecule has 0 aromatic rings. The first kappa shape index (κ1) is 26.2. The zero-order valence-electron chi connectivity index (χ0n) is 20.9. The second-order valence-corrected chi connectivity index (χ2v) is 21.2. The molecule has 31 heavy (non-hydrogen) atoms. The number of rotatable bonds is 5. The van der Waals surface area contributed by atoms with E-state index in [0.29, 0.717) is 5.57 Å². The van der Waals surface area contributed by atoms with E-state index in [4.69, 9.17) is 18.3 Å². The molecule has 4 atom stereocenters. The van der Waals surface area contributed by atoms with Crippen molar-refractivity contribution in [2.24, 2.45) is 5.92 Å². The number of ether oxygens (including phenoxy) is 2. The van der Waals surface area contributed by atoms with E-state index in [-0.39, 0.29) is 22.3 Å². The van der Waals surface area contributed by atoms with Crippen LogP contribution in [0, 0.1) is 5.92 Å². The maximum absolute atomic E-state index is 12.6. The highest BCUT2D eigenvalue weighted by Crippen LogP contribution is 2.46. The molecule has 2 rings (SSSR count). The van der Waals surface area contributed by atoms with Gasteiger partial charge in [-0.1, -0.05) is 41.5 Å². The van der Waals surface area contributed by atoms with Crippen LogP contribution in [-0.4, -0.2) is 65.7 Å². The monoisotopic (exact) mass is 472 g/mol. The quantitative estimate of drug-likeness (QED) is 0.481. The summed E-state index contributed by atoms with van der Waals surface area (Å²) in [5.41, 5.74) is 0.761. The van der Waals surface area contributed by atoms with E-state index in [1.807, 2.05) is 0 Å². The summed E-state index contributed by atoms with van der Waals surface area (Å²) in [6.45, 7) is 21.2. The Bertz CT molecular complexity index is 759. The fourth-order valence-electron chi connectivity index (χ4n) is 3.39. The number of hydrogen-bond donors (Lipinski definition) is 1. The third-order valence-corrected chi connectivity index (χ3v) is 16.4. The number of methoxy groups -OCH3 is 1. The minimum atomic E-state index is -2.36. The van der Waals surface area contributed by atoms with Crippen LogP contribution in [0.25, 0.3) is 0 Å². The molecule has 1 aliphatic carbocycles. The second-order valence-electron chi connectivity index (χ2n) is 11.6. The molecule has 1 N–H and O–H groups in total. The third-order valence-electron chi connectivity index (χ3n) is 7.48. The Labute approximate surface area is 188 Å². The highest BCUT2D eigenvalue weighted by molar-refractivity contribution is 6.74. The lowest BCUT2D eigenvalue weighted by atomic mass is 9.78. The molecule has 0 fully saturated rings. The maximum Gasteiger partial charge on any atom is 0.335 e. The summed E-state index contributed by atoms with van der Waals surface area (Å²) in [5, 5.41) is 11.2. The maximum atomic E-state index is 12.6. The van der Waals surface area contributed by atoms with Crippen LogP contribution < -0.4 is 0 Å². The van der Waals surface area contributed by atoms with Gasteiger partial charge in [-0.15, -0.1) is 0 Å². The molecule has 178 valence electrons. The number of esters is 2. The van der Waals surface area contributed by atoms with Crippen LogP contribution >= 0.6 is 0 Å². The molecule has 0 saturated carbocycles. The predicted octanol–water partition coefficient (Wildman–Crippen LogP) is 3.78. The first-order chi connectivity index (χ1) is 13.9. The van der Waals surface area contributed by atoms with Gasteiger partial charge in [0.1, 0.15) is 18.6 Å². The van der Waals surface area contributed by atoms with Crippen molar-refractivity contribution in [3.8, 4) is 0 Å². The van der Waals surface area contributed by atoms with Crippen LogP contribution in [0.3, 0.4) is 0 Å². The predicted molar refractivity (Wildman–Crippen MR) is 124 cm³/mol. The van der Waals surface area contributed by atoms with Gasteiger partial charge in [-0.2, -0.15) is 0 Å². The minimum absolute atomic E-state index is 0.0328. The first-order valence-electron chi connectivity index (χ1n) is 10.9. The smallest absolute Gasteiger partial charge is 0.335 e. The lowest BCUT2D eigenvalue weighted by Crippen LogP contribution is -2.60. The van der Waals surface area contributed by atoms with E-state index in [1.165, 1.54) is 7.11 Å². The lowest BCUT2D eigenvalue weighted by Gasteiger charge is -2.49. The molecule has 9 heteroatoms. The fourth-order valence-corrected chi connectivity index (χ4v) is 5.96. The summed E-state index contributed by atoms with van der Waals surface area (Å²) in [6.07, 6.45) is -2.74. The van der Waals surface area contributed by atoms with E-state index in [1.54, 1.807) is 0 Å². The molecular weight excluding hydrogens is 432 g/mol. The second kappa shape index (κ2) is 8.40. The van der Waals surface area contributed by atoms with E-state index in [0.717, 1.165) is 0 Å². The minimum Gasteiger partial charge on any atom is -0.468 e. The Morgan fingerprint density at radius 3 is 1.94 bits per heavy atom. The van der Waals surface area contributed by atoms with Crippen molar-refractivity contribution in [3.63, 3.8) is 0 Å². The van der Waals surface area contributed by atoms with Crippen molar-refractivity contribution in [1.29, 1.82) is 0 Å². The Hall–Kier alpha value is -1.01. The van der Waals surface area contributed by atoms with E-state index < -0.39 is 52.8 Å². The van der Waals surface area contributed by atoms with Gasteiger partial charge in [0.2, 0.25) is 0 Å². The van der Waals surface area contributed by atoms with Crippen LogP contribution in [0.2, 0.25) is 36.3 Å². The van der Waals surface area contributed by atoms with Gasteiger partial charge in [0, 0.05) is 5.57 Å². The van der Waals surface area contributed by atoms with E-state index in [9.17, 15) is 14.7 Å². The van der Waals surface area contributed by atoms with Gasteiger partial charge in [-0.3, -0.25) is 4.79 Å². The van der Waals surface area contributed by atoms with E-state index in [2.05, 4.69) is 67.7 Å². The molecule has 0 spiro atoms. The van der Waals surface area contributed by atoms with Crippen molar-refractivity contribution >= 4 is 28.6 Å². The number of cyclic esters (lactones) is 1. The fraction of sp³-hybridized carbons (Fsp3) is 0.818. The van der Waals surface area contributed by atoms with E-state index >= 15 is 0 Å². The molecule has 0 radical (unpaired) electrons. The van der Waals surface area contributed by atoms with Crippen molar-refractivity contribution in [1.82, 2.24) is 0 Å². The van der Waals surface area contributed by atoms with Crippen LogP contribution in [0.5, 0.6) is 0 Å². The summed E-state index contributed by atoms with van der Waals surface area (Å²) in [5.74, 6) is -2.42. The molecule has 1 heterocycles. The van der Waals surface area contributed by atoms with Gasteiger partial charge in [0.05, 0.1) is 24.9 Å². The van der Waals surface area contributed by atoms with Crippen LogP contribution in [0.4, 0.5) is 0 Å². The Morgan fingerprint density at radius 2 is 1.48 bits per heavy atom. The zero-order chi connectivity index (χ0) is 24.2. The number of aliphatic hydroxyl groups excluding tert-OH is 1. The molecule has 1 aliphatic heterocycles. The number of carbonyl (C=O) groups is 2. The van der Waals surface area contributed by atoms with Crippen LogP contribution in [0.15, 0.2) is 11.1 Å². The third kappa shape index (κ3) is 4.85. The van der Waals surface area contributed by atoms with Gasteiger partial charge in [0.25, 0.3) is 0 Å². The standard InChI is InChI=1S/C22H40O7Si2/c1-21(2,3)30(8,9)28-17-13-12-27-20(25)14(13)15(19(24)26-7)16(23)18(17)29-31(10,11)22(4,5)6/h15-18,23H,12H2,1-11H3/t15-,16-,17+,18-/m0/s1. The molecule has 0 unspecified atom stereocenters.